The van der Waals surface area contributed by atoms with Gasteiger partial charge in [0.2, 0.25) is 5.95 Å². The van der Waals surface area contributed by atoms with Gasteiger partial charge in [0.25, 0.3) is 0 Å². The first-order valence-electron chi connectivity index (χ1n) is 10.4. The Balaban J connectivity index is 1.49. The Labute approximate surface area is 172 Å². The third-order valence-corrected chi connectivity index (χ3v) is 5.75. The van der Waals surface area contributed by atoms with Gasteiger partial charge < -0.3 is 29.9 Å². The smallest absolute Gasteiger partial charge is 0.232 e. The number of hydrogen-bond donors (Lipinski definition) is 2. The second-order valence-electron chi connectivity index (χ2n) is 7.54. The van der Waals surface area contributed by atoms with E-state index < -0.39 is 0 Å². The molecule has 2 aliphatic heterocycles. The van der Waals surface area contributed by atoms with Crippen molar-refractivity contribution in [2.45, 2.75) is 38.1 Å². The summed E-state index contributed by atoms with van der Waals surface area (Å²) in [7, 11) is 0. The van der Waals surface area contributed by atoms with Gasteiger partial charge in [-0.3, -0.25) is 0 Å². The number of aromatic nitrogens is 2. The molecule has 2 saturated heterocycles. The van der Waals surface area contributed by atoms with E-state index in [2.05, 4.69) is 26.5 Å². The van der Waals surface area contributed by atoms with Crippen LogP contribution >= 0.6 is 12.2 Å². The summed E-state index contributed by atoms with van der Waals surface area (Å²) in [4.78, 5) is 14.0. The number of ether oxygens (including phenoxy) is 2. The summed E-state index contributed by atoms with van der Waals surface area (Å²) in [5.41, 5.74) is 0. The van der Waals surface area contributed by atoms with E-state index in [4.69, 9.17) is 31.7 Å². The highest BCUT2D eigenvalue weighted by molar-refractivity contribution is 7.80. The summed E-state index contributed by atoms with van der Waals surface area (Å²) < 4.78 is 11.0. The minimum Gasteiger partial charge on any atom is -0.378 e. The minimum atomic E-state index is 0.454. The topological polar surface area (TPSA) is 74.8 Å². The molecular weight excluding hydrogens is 376 g/mol. The Morgan fingerprint density at radius 2 is 1.43 bits per heavy atom. The molecule has 28 heavy (non-hydrogen) atoms. The molecule has 8 nitrogen and oxygen atoms in total. The number of morpholine rings is 2. The van der Waals surface area contributed by atoms with Crippen LogP contribution in [0.5, 0.6) is 0 Å². The second kappa shape index (κ2) is 9.67. The van der Waals surface area contributed by atoms with Crippen molar-refractivity contribution in [3.05, 3.63) is 6.07 Å². The molecule has 0 radical (unpaired) electrons. The van der Waals surface area contributed by atoms with E-state index in [0.717, 1.165) is 64.2 Å². The molecule has 154 valence electrons. The quantitative estimate of drug-likeness (QED) is 0.728. The van der Waals surface area contributed by atoms with Crippen LogP contribution in [0.2, 0.25) is 0 Å². The van der Waals surface area contributed by atoms with Crippen LogP contribution in [0.3, 0.4) is 0 Å². The number of nitrogens with one attached hydrogen (secondary N) is 2. The van der Waals surface area contributed by atoms with Gasteiger partial charge in [-0.2, -0.15) is 9.97 Å². The van der Waals surface area contributed by atoms with Crippen LogP contribution in [0.1, 0.15) is 32.1 Å². The van der Waals surface area contributed by atoms with Crippen molar-refractivity contribution < 1.29 is 9.47 Å². The summed E-state index contributed by atoms with van der Waals surface area (Å²) >= 11 is 5.55. The zero-order chi connectivity index (χ0) is 19.2. The van der Waals surface area contributed by atoms with E-state index in [0.29, 0.717) is 17.1 Å². The predicted molar refractivity (Wildman–Crippen MR) is 114 cm³/mol. The third-order valence-electron chi connectivity index (χ3n) is 5.53. The molecular formula is C19H30N6O2S. The maximum absolute atomic E-state index is 5.55. The summed E-state index contributed by atoms with van der Waals surface area (Å²) in [6, 6.07) is 2.52. The highest BCUT2D eigenvalue weighted by Gasteiger charge is 2.20. The van der Waals surface area contributed by atoms with Crippen LogP contribution in [0, 0.1) is 0 Å². The molecule has 0 aromatic carbocycles. The van der Waals surface area contributed by atoms with Crippen molar-refractivity contribution in [2.75, 3.05) is 67.7 Å². The molecule has 0 bridgehead atoms. The van der Waals surface area contributed by atoms with Gasteiger partial charge in [0.05, 0.1) is 26.4 Å². The first-order valence-corrected chi connectivity index (χ1v) is 10.8. The van der Waals surface area contributed by atoms with Crippen LogP contribution < -0.4 is 20.4 Å². The first-order chi connectivity index (χ1) is 13.8. The van der Waals surface area contributed by atoms with Gasteiger partial charge in [-0.05, 0) is 25.1 Å². The Morgan fingerprint density at radius 3 is 1.96 bits per heavy atom. The van der Waals surface area contributed by atoms with E-state index in [1.165, 1.54) is 32.1 Å². The molecule has 3 fully saturated rings. The predicted octanol–water partition coefficient (Wildman–Crippen LogP) is 1.77. The molecule has 3 aliphatic rings. The van der Waals surface area contributed by atoms with Gasteiger partial charge in [0.15, 0.2) is 5.11 Å². The molecule has 0 atom stereocenters. The van der Waals surface area contributed by atoms with Crippen LogP contribution in [0.4, 0.5) is 17.6 Å². The van der Waals surface area contributed by atoms with Gasteiger partial charge >= 0.3 is 0 Å². The largest absolute Gasteiger partial charge is 0.378 e. The highest BCUT2D eigenvalue weighted by atomic mass is 32.1. The number of rotatable bonds is 4. The third kappa shape index (κ3) is 5.21. The maximum Gasteiger partial charge on any atom is 0.232 e. The number of anilines is 3. The lowest BCUT2D eigenvalue weighted by atomic mass is 9.96. The zero-order valence-corrected chi connectivity index (χ0v) is 17.2. The second-order valence-corrected chi connectivity index (χ2v) is 7.95. The van der Waals surface area contributed by atoms with Gasteiger partial charge in [-0.25, -0.2) is 0 Å². The fraction of sp³-hybridized carbons (Fsp3) is 0.737. The highest BCUT2D eigenvalue weighted by Crippen LogP contribution is 2.23. The van der Waals surface area contributed by atoms with Crippen LogP contribution in [-0.4, -0.2) is 73.7 Å². The lowest BCUT2D eigenvalue weighted by Crippen LogP contribution is -2.40. The Morgan fingerprint density at radius 1 is 0.893 bits per heavy atom. The van der Waals surface area contributed by atoms with E-state index in [9.17, 15) is 0 Å². The molecule has 0 spiro atoms. The molecule has 4 rings (SSSR count). The number of nitrogens with zero attached hydrogens (tertiary/aromatic N) is 4. The normalized spacial score (nSPS) is 21.4. The minimum absolute atomic E-state index is 0.454. The number of hydrogen-bond acceptors (Lipinski definition) is 7. The van der Waals surface area contributed by atoms with E-state index >= 15 is 0 Å². The molecule has 1 saturated carbocycles. The number of thiocarbonyl (C=S) groups is 1. The van der Waals surface area contributed by atoms with Crippen LogP contribution in [0.25, 0.3) is 0 Å². The van der Waals surface area contributed by atoms with Gasteiger partial charge in [0, 0.05) is 38.3 Å². The van der Waals surface area contributed by atoms with E-state index in [1.54, 1.807) is 0 Å². The fourth-order valence-corrected chi connectivity index (χ4v) is 4.21. The fourth-order valence-electron chi connectivity index (χ4n) is 3.96. The average molecular weight is 407 g/mol. The van der Waals surface area contributed by atoms with Gasteiger partial charge in [-0.15, -0.1) is 0 Å². The zero-order valence-electron chi connectivity index (χ0n) is 16.4. The maximum atomic E-state index is 5.55. The summed E-state index contributed by atoms with van der Waals surface area (Å²) in [6.07, 6.45) is 6.21. The van der Waals surface area contributed by atoms with Crippen LogP contribution in [-0.2, 0) is 9.47 Å². The Bertz CT molecular complexity index is 622. The molecule has 3 heterocycles. The molecule has 0 amide bonds. The van der Waals surface area contributed by atoms with E-state index in [-0.39, 0.29) is 0 Å². The summed E-state index contributed by atoms with van der Waals surface area (Å²) in [5.74, 6) is 2.39. The Hall–Kier alpha value is -1.71. The lowest BCUT2D eigenvalue weighted by Gasteiger charge is -2.31. The van der Waals surface area contributed by atoms with Crippen molar-refractivity contribution in [1.29, 1.82) is 0 Å². The van der Waals surface area contributed by atoms with Gasteiger partial charge in [-0.1, -0.05) is 19.3 Å². The van der Waals surface area contributed by atoms with Crippen molar-refractivity contribution in [3.63, 3.8) is 0 Å². The van der Waals surface area contributed by atoms with Gasteiger partial charge in [0.1, 0.15) is 11.6 Å². The molecule has 2 N–H and O–H groups in total. The first kappa shape index (κ1) is 19.6. The summed E-state index contributed by atoms with van der Waals surface area (Å²) in [5, 5.41) is 7.28. The van der Waals surface area contributed by atoms with Crippen molar-refractivity contribution >= 4 is 34.9 Å². The molecule has 1 aromatic rings. The Kier molecular flexibility index (Phi) is 6.77. The van der Waals surface area contributed by atoms with Crippen LogP contribution in [0.15, 0.2) is 6.07 Å². The molecule has 1 aliphatic carbocycles. The van der Waals surface area contributed by atoms with E-state index in [1.807, 2.05) is 0 Å². The summed E-state index contributed by atoms with van der Waals surface area (Å²) in [6.45, 7) is 6.24. The monoisotopic (exact) mass is 406 g/mol. The average Bonchev–Trinajstić information content (AvgIpc) is 2.75. The standard InChI is InChI=1S/C19H30N6O2S/c28-19(20-15-4-2-1-3-5-15)23-18-21-16(24-6-10-26-11-7-24)14-17(22-18)25-8-12-27-13-9-25/h14-15H,1-13H2,(H2,20,21,22,23,28). The SMILES string of the molecule is S=C(Nc1nc(N2CCOCC2)cc(N2CCOCC2)n1)NC1CCCCC1. The van der Waals surface area contributed by atoms with Crippen molar-refractivity contribution in [1.82, 2.24) is 15.3 Å². The van der Waals surface area contributed by atoms with Crippen molar-refractivity contribution in [2.24, 2.45) is 0 Å². The molecule has 9 heteroatoms. The van der Waals surface area contributed by atoms with Crippen molar-refractivity contribution in [3.8, 4) is 0 Å². The lowest BCUT2D eigenvalue weighted by molar-refractivity contribution is 0.122. The molecule has 0 unspecified atom stereocenters. The molecule has 1 aromatic heterocycles.